The molecule has 1 heterocycles. The molecule has 1 rings (SSSR count). The molecule has 0 saturated carbocycles. The number of nitrogens with zero attached hydrogens (tertiary/aromatic N) is 1. The number of unbranched alkanes of at least 4 members (excludes halogenated alkanes) is 6. The molecule has 0 amide bonds. The smallest absolute Gasteiger partial charge is 0.0226 e. The highest BCUT2D eigenvalue weighted by atomic mass is 35.5. The maximum Gasteiger partial charge on any atom is 0.0226 e. The van der Waals surface area contributed by atoms with Crippen LogP contribution in [0.25, 0.3) is 0 Å². The van der Waals surface area contributed by atoms with E-state index in [4.69, 9.17) is 11.6 Å². The molecule has 2 heteroatoms. The Balaban J connectivity index is 1.94. The van der Waals surface area contributed by atoms with E-state index in [9.17, 15) is 0 Å². The monoisotopic (exact) mass is 273 g/mol. The van der Waals surface area contributed by atoms with E-state index in [1.165, 1.54) is 83.8 Å². The van der Waals surface area contributed by atoms with Gasteiger partial charge in [-0.25, -0.2) is 0 Å². The van der Waals surface area contributed by atoms with Gasteiger partial charge in [0, 0.05) is 12.4 Å². The molecule has 0 aromatic rings. The van der Waals surface area contributed by atoms with E-state index in [0.29, 0.717) is 0 Å². The third kappa shape index (κ3) is 7.63. The molecule has 0 aromatic carbocycles. The van der Waals surface area contributed by atoms with Gasteiger partial charge in [0.2, 0.25) is 0 Å². The molecule has 0 aliphatic carbocycles. The number of rotatable bonds is 10. The SMILES string of the molecule is CCCCCCCCCN1CCCC(CCCl)C1. The van der Waals surface area contributed by atoms with Crippen LogP contribution in [0.3, 0.4) is 0 Å². The second kappa shape index (κ2) is 11.1. The van der Waals surface area contributed by atoms with Crippen molar-refractivity contribution in [1.29, 1.82) is 0 Å². The summed E-state index contributed by atoms with van der Waals surface area (Å²) in [7, 11) is 0. The van der Waals surface area contributed by atoms with Gasteiger partial charge >= 0.3 is 0 Å². The lowest BCUT2D eigenvalue weighted by Crippen LogP contribution is -2.36. The summed E-state index contributed by atoms with van der Waals surface area (Å²) < 4.78 is 0. The van der Waals surface area contributed by atoms with Crippen LogP contribution in [-0.2, 0) is 0 Å². The topological polar surface area (TPSA) is 3.24 Å². The van der Waals surface area contributed by atoms with Crippen LogP contribution < -0.4 is 0 Å². The number of piperidine rings is 1. The van der Waals surface area contributed by atoms with Gasteiger partial charge in [0.05, 0.1) is 0 Å². The lowest BCUT2D eigenvalue weighted by atomic mass is 9.95. The van der Waals surface area contributed by atoms with E-state index in [0.717, 1.165) is 11.8 Å². The van der Waals surface area contributed by atoms with Gasteiger partial charge in [-0.15, -0.1) is 11.6 Å². The molecule has 0 N–H and O–H groups in total. The molecule has 1 fully saturated rings. The Kier molecular flexibility index (Phi) is 10.1. The largest absolute Gasteiger partial charge is 0.303 e. The van der Waals surface area contributed by atoms with Crippen molar-refractivity contribution < 1.29 is 0 Å². The molecule has 1 unspecified atom stereocenters. The Labute approximate surface area is 119 Å². The fourth-order valence-electron chi connectivity index (χ4n) is 3.04. The van der Waals surface area contributed by atoms with Gasteiger partial charge in [0.1, 0.15) is 0 Å². The first-order chi connectivity index (χ1) is 8.86. The van der Waals surface area contributed by atoms with Crippen molar-refractivity contribution in [3.8, 4) is 0 Å². The van der Waals surface area contributed by atoms with Gasteiger partial charge in [0.15, 0.2) is 0 Å². The highest BCUT2D eigenvalue weighted by molar-refractivity contribution is 6.17. The lowest BCUT2D eigenvalue weighted by Gasteiger charge is -2.32. The van der Waals surface area contributed by atoms with Gasteiger partial charge in [-0.2, -0.15) is 0 Å². The number of hydrogen-bond donors (Lipinski definition) is 0. The van der Waals surface area contributed by atoms with Crippen LogP contribution in [0.2, 0.25) is 0 Å². The Morgan fingerprint density at radius 2 is 1.78 bits per heavy atom. The third-order valence-corrected chi connectivity index (χ3v) is 4.42. The molecule has 108 valence electrons. The number of likely N-dealkylation sites (tertiary alicyclic amines) is 1. The summed E-state index contributed by atoms with van der Waals surface area (Å²) in [5.41, 5.74) is 0. The first-order valence-corrected chi connectivity index (χ1v) is 8.68. The molecular weight excluding hydrogens is 242 g/mol. The molecule has 0 radical (unpaired) electrons. The maximum absolute atomic E-state index is 5.85. The maximum atomic E-state index is 5.85. The first-order valence-electron chi connectivity index (χ1n) is 8.15. The molecule has 0 spiro atoms. The minimum atomic E-state index is 0.843. The van der Waals surface area contributed by atoms with Gasteiger partial charge in [-0.1, -0.05) is 45.4 Å². The quantitative estimate of drug-likeness (QED) is 0.396. The summed E-state index contributed by atoms with van der Waals surface area (Å²) in [6.07, 6.45) is 14.0. The van der Waals surface area contributed by atoms with Gasteiger partial charge in [-0.05, 0) is 44.7 Å². The van der Waals surface area contributed by atoms with E-state index in [2.05, 4.69) is 11.8 Å². The predicted molar refractivity (Wildman–Crippen MR) is 82.5 cm³/mol. The van der Waals surface area contributed by atoms with Crippen LogP contribution in [0.15, 0.2) is 0 Å². The highest BCUT2D eigenvalue weighted by Crippen LogP contribution is 2.20. The summed E-state index contributed by atoms with van der Waals surface area (Å²) in [6.45, 7) is 6.25. The van der Waals surface area contributed by atoms with Gasteiger partial charge in [0.25, 0.3) is 0 Å². The van der Waals surface area contributed by atoms with Crippen LogP contribution in [-0.4, -0.2) is 30.4 Å². The molecule has 1 nitrogen and oxygen atoms in total. The number of alkyl halides is 1. The molecule has 18 heavy (non-hydrogen) atoms. The molecule has 0 bridgehead atoms. The van der Waals surface area contributed by atoms with Crippen LogP contribution in [0, 0.1) is 5.92 Å². The zero-order chi connectivity index (χ0) is 13.1. The molecule has 1 aliphatic heterocycles. The van der Waals surface area contributed by atoms with Crippen LogP contribution in [0.5, 0.6) is 0 Å². The molecule has 0 aromatic heterocycles. The van der Waals surface area contributed by atoms with E-state index in [-0.39, 0.29) is 0 Å². The Bertz CT molecular complexity index is 182. The number of hydrogen-bond acceptors (Lipinski definition) is 1. The van der Waals surface area contributed by atoms with Gasteiger partial charge in [-0.3, -0.25) is 0 Å². The zero-order valence-corrected chi connectivity index (χ0v) is 13.1. The normalized spacial score (nSPS) is 21.3. The molecule has 1 saturated heterocycles. The van der Waals surface area contributed by atoms with Crippen LogP contribution in [0.1, 0.15) is 71.1 Å². The first kappa shape index (κ1) is 16.3. The fraction of sp³-hybridized carbons (Fsp3) is 1.00. The minimum Gasteiger partial charge on any atom is -0.303 e. The average Bonchev–Trinajstić information content (AvgIpc) is 2.39. The molecule has 1 aliphatic rings. The second-order valence-electron chi connectivity index (χ2n) is 5.91. The number of halogens is 1. The summed E-state index contributed by atoms with van der Waals surface area (Å²) in [6, 6.07) is 0. The lowest BCUT2D eigenvalue weighted by molar-refractivity contribution is 0.169. The van der Waals surface area contributed by atoms with Crippen molar-refractivity contribution in [3.63, 3.8) is 0 Å². The summed E-state index contributed by atoms with van der Waals surface area (Å²) in [5.74, 6) is 1.72. The highest BCUT2D eigenvalue weighted by Gasteiger charge is 2.18. The Morgan fingerprint density at radius 3 is 2.50 bits per heavy atom. The Morgan fingerprint density at radius 1 is 1.06 bits per heavy atom. The van der Waals surface area contributed by atoms with Crippen molar-refractivity contribution in [3.05, 3.63) is 0 Å². The average molecular weight is 274 g/mol. The zero-order valence-electron chi connectivity index (χ0n) is 12.3. The van der Waals surface area contributed by atoms with Crippen LogP contribution in [0.4, 0.5) is 0 Å². The van der Waals surface area contributed by atoms with Crippen molar-refractivity contribution >= 4 is 11.6 Å². The molecule has 1 atom stereocenters. The Hall–Kier alpha value is 0.250. The van der Waals surface area contributed by atoms with E-state index >= 15 is 0 Å². The third-order valence-electron chi connectivity index (χ3n) is 4.20. The summed E-state index contributed by atoms with van der Waals surface area (Å²) in [5, 5.41) is 0. The van der Waals surface area contributed by atoms with Crippen molar-refractivity contribution in [2.24, 2.45) is 5.92 Å². The second-order valence-corrected chi connectivity index (χ2v) is 6.29. The van der Waals surface area contributed by atoms with Gasteiger partial charge < -0.3 is 4.90 Å². The predicted octanol–water partition coefficient (Wildman–Crippen LogP) is 5.08. The standard InChI is InChI=1S/C16H32ClN/c1-2-3-4-5-6-7-8-13-18-14-9-10-16(15-18)11-12-17/h16H,2-15H2,1H3. The fourth-order valence-corrected chi connectivity index (χ4v) is 3.35. The summed E-state index contributed by atoms with van der Waals surface area (Å²) >= 11 is 5.85. The summed E-state index contributed by atoms with van der Waals surface area (Å²) in [4.78, 5) is 2.67. The van der Waals surface area contributed by atoms with Crippen molar-refractivity contribution in [2.45, 2.75) is 71.1 Å². The van der Waals surface area contributed by atoms with E-state index in [1.807, 2.05) is 0 Å². The van der Waals surface area contributed by atoms with Crippen LogP contribution >= 0.6 is 11.6 Å². The van der Waals surface area contributed by atoms with Crippen molar-refractivity contribution in [2.75, 3.05) is 25.5 Å². The minimum absolute atomic E-state index is 0.843. The van der Waals surface area contributed by atoms with E-state index in [1.54, 1.807) is 0 Å². The van der Waals surface area contributed by atoms with Crippen molar-refractivity contribution in [1.82, 2.24) is 4.90 Å². The van der Waals surface area contributed by atoms with E-state index < -0.39 is 0 Å². The molecular formula is C16H32ClN.